The molecule has 1 heterocycles. The molecule has 0 aromatic heterocycles. The van der Waals surface area contributed by atoms with Crippen LogP contribution in [-0.4, -0.2) is 111 Å². The fourth-order valence-corrected chi connectivity index (χ4v) is 10.3. The van der Waals surface area contributed by atoms with E-state index >= 15 is 0 Å². The molecule has 5 fully saturated rings. The average molecular weight is 678 g/mol. The molecule has 1 saturated heterocycles. The number of fused-ring (bicyclic) bond motifs is 2. The Kier molecular flexibility index (Phi) is 13.4. The molecule has 48 heavy (non-hydrogen) atoms. The molecular formula is C37H67N5O6. The third kappa shape index (κ3) is 8.39. The predicted octanol–water partition coefficient (Wildman–Crippen LogP) is 3.06. The number of hydrogen-bond donors (Lipinski definition) is 4. The number of ether oxygens (including phenoxy) is 1. The number of amides is 3. The van der Waals surface area contributed by atoms with Crippen molar-refractivity contribution in [3.05, 3.63) is 0 Å². The smallest absolute Gasteiger partial charge is 0.240 e. The molecule has 2 bridgehead atoms. The zero-order chi connectivity index (χ0) is 35.5. The minimum Gasteiger partial charge on any atom is -0.394 e. The van der Waals surface area contributed by atoms with E-state index in [9.17, 15) is 19.5 Å². The lowest BCUT2D eigenvalue weighted by atomic mass is 9.45. The molecular weight excluding hydrogens is 610 g/mol. The third-order valence-corrected chi connectivity index (χ3v) is 13.1. The van der Waals surface area contributed by atoms with Crippen LogP contribution in [0, 0.1) is 52.8 Å². The van der Waals surface area contributed by atoms with Gasteiger partial charge in [0.05, 0.1) is 12.7 Å². The third-order valence-electron chi connectivity index (χ3n) is 13.1. The van der Waals surface area contributed by atoms with E-state index in [1.165, 1.54) is 13.3 Å². The van der Waals surface area contributed by atoms with Gasteiger partial charge >= 0.3 is 0 Å². The molecule has 3 amide bonds. The number of aliphatic hydroxyl groups excluding tert-OH is 1. The first-order valence-electron chi connectivity index (χ1n) is 18.6. The Balaban J connectivity index is 1.58. The first kappa shape index (κ1) is 39.0. The van der Waals surface area contributed by atoms with Crippen molar-refractivity contribution in [2.45, 2.75) is 117 Å². The summed E-state index contributed by atoms with van der Waals surface area (Å²) in [5.41, 5.74) is 0.308. The van der Waals surface area contributed by atoms with Gasteiger partial charge in [-0.05, 0) is 101 Å². The summed E-state index contributed by atoms with van der Waals surface area (Å²) in [5.74, 6) is 1.49. The second-order valence-corrected chi connectivity index (χ2v) is 16.7. The number of nitrogens with zero attached hydrogens (tertiary/aromatic N) is 2. The van der Waals surface area contributed by atoms with Gasteiger partial charge in [-0.15, -0.1) is 0 Å². The Morgan fingerprint density at radius 1 is 1.15 bits per heavy atom. The number of nitrogens with one attached hydrogen (secondary N) is 3. The largest absolute Gasteiger partial charge is 0.394 e. The number of carbonyl (C=O) groups is 3. The number of hydrogen-bond acceptors (Lipinski definition) is 8. The lowest BCUT2D eigenvalue weighted by Crippen LogP contribution is -2.63. The van der Waals surface area contributed by atoms with Crippen molar-refractivity contribution in [2.75, 3.05) is 47.9 Å². The highest BCUT2D eigenvalue weighted by Gasteiger charge is 2.58. The van der Waals surface area contributed by atoms with Crippen LogP contribution < -0.4 is 16.0 Å². The van der Waals surface area contributed by atoms with Crippen LogP contribution in [0.25, 0.3) is 0 Å². The number of carbonyl (C=O) groups excluding carboxylic acids is 3. The maximum absolute atomic E-state index is 14.4. The summed E-state index contributed by atoms with van der Waals surface area (Å²) in [6.45, 7) is 13.5. The van der Waals surface area contributed by atoms with Gasteiger partial charge in [-0.2, -0.15) is 5.06 Å². The topological polar surface area (TPSA) is 132 Å². The molecule has 0 aromatic rings. The molecule has 11 heteroatoms. The molecule has 4 N–H and O–H groups in total. The van der Waals surface area contributed by atoms with Crippen molar-refractivity contribution in [1.29, 1.82) is 0 Å². The molecule has 1 aliphatic heterocycles. The number of hydroxylamine groups is 2. The van der Waals surface area contributed by atoms with E-state index in [2.05, 4.69) is 55.7 Å². The SMILES string of the molecule is CNC(=O)C(C)CC(CCN(C)C)C1CCCC(CN2O[C@@H](CO)[C@@H](C(C)NC(C)=O)[C@H]2C(=O)N[C@H]2C[C@H]3C[C@@H]([C@@H]2C)C3(C)C)C1OC. The van der Waals surface area contributed by atoms with E-state index in [1.54, 1.807) is 14.2 Å². The van der Waals surface area contributed by atoms with Gasteiger partial charge < -0.3 is 30.7 Å². The minimum atomic E-state index is -0.668. The lowest BCUT2D eigenvalue weighted by molar-refractivity contribution is -0.193. The van der Waals surface area contributed by atoms with E-state index in [1.807, 2.05) is 18.9 Å². The highest BCUT2D eigenvalue weighted by atomic mass is 16.7. The summed E-state index contributed by atoms with van der Waals surface area (Å²) in [7, 11) is 7.65. The van der Waals surface area contributed by atoms with Crippen LogP contribution in [0.4, 0.5) is 0 Å². The second kappa shape index (κ2) is 16.5. The fourth-order valence-electron chi connectivity index (χ4n) is 10.3. The molecule has 0 aromatic carbocycles. The van der Waals surface area contributed by atoms with Crippen LogP contribution in [0.1, 0.15) is 86.5 Å². The van der Waals surface area contributed by atoms with Crippen molar-refractivity contribution in [3.63, 3.8) is 0 Å². The van der Waals surface area contributed by atoms with Gasteiger partial charge in [0.15, 0.2) is 0 Å². The molecule has 11 nitrogen and oxygen atoms in total. The van der Waals surface area contributed by atoms with Crippen LogP contribution in [0.15, 0.2) is 0 Å². The standard InChI is InChI=1S/C37H67N5O6/c1-21(35(45)38-7)16-25(14-15-41(8)9)28-13-11-12-26(34(28)47-10)19-42-33(32(31(20-43)48-42)23(3)39-24(4)44)36(46)40-30-18-27-17-29(22(30)2)37(27,5)6/h21-23,25-34,43H,11-20H2,1-10H3,(H,38,45)(H,39,44)(H,40,46)/t21?,22-,23?,25?,26?,27+,28?,29-,30-,31-,32+,33-,34?/m0/s1. The second-order valence-electron chi connectivity index (χ2n) is 16.7. The number of rotatable bonds is 15. The molecule has 4 saturated carbocycles. The number of aliphatic hydroxyl groups is 1. The first-order chi connectivity index (χ1) is 22.6. The molecule has 4 aliphatic carbocycles. The summed E-state index contributed by atoms with van der Waals surface area (Å²) >= 11 is 0. The van der Waals surface area contributed by atoms with E-state index in [4.69, 9.17) is 9.57 Å². The van der Waals surface area contributed by atoms with Gasteiger partial charge in [0.1, 0.15) is 12.1 Å². The van der Waals surface area contributed by atoms with Crippen LogP contribution in [0.2, 0.25) is 0 Å². The maximum atomic E-state index is 14.4. The quantitative estimate of drug-likeness (QED) is 0.208. The molecule has 5 rings (SSSR count). The summed E-state index contributed by atoms with van der Waals surface area (Å²) in [4.78, 5) is 47.9. The molecule has 0 spiro atoms. The zero-order valence-electron chi connectivity index (χ0n) is 31.5. The summed E-state index contributed by atoms with van der Waals surface area (Å²) in [6.07, 6.45) is 6.25. The van der Waals surface area contributed by atoms with Crippen molar-refractivity contribution < 1.29 is 29.1 Å². The predicted molar refractivity (Wildman–Crippen MR) is 186 cm³/mol. The molecule has 13 atom stereocenters. The zero-order valence-corrected chi connectivity index (χ0v) is 31.5. The Morgan fingerprint density at radius 2 is 1.85 bits per heavy atom. The van der Waals surface area contributed by atoms with Crippen LogP contribution in [0.3, 0.4) is 0 Å². The van der Waals surface area contributed by atoms with Gasteiger partial charge in [-0.1, -0.05) is 34.1 Å². The average Bonchev–Trinajstić information content (AvgIpc) is 3.41. The van der Waals surface area contributed by atoms with E-state index in [-0.39, 0.29) is 60.3 Å². The van der Waals surface area contributed by atoms with Gasteiger partial charge in [0, 0.05) is 57.5 Å². The Hall–Kier alpha value is -1.79. The maximum Gasteiger partial charge on any atom is 0.240 e. The number of methoxy groups -OCH3 is 1. The first-order valence-corrected chi connectivity index (χ1v) is 18.6. The van der Waals surface area contributed by atoms with E-state index in [0.29, 0.717) is 35.6 Å². The van der Waals surface area contributed by atoms with Crippen molar-refractivity contribution in [3.8, 4) is 0 Å². The van der Waals surface area contributed by atoms with E-state index in [0.717, 1.165) is 45.1 Å². The Morgan fingerprint density at radius 3 is 2.42 bits per heavy atom. The molecule has 6 unspecified atom stereocenters. The summed E-state index contributed by atoms with van der Waals surface area (Å²) in [5, 5.41) is 21.6. The molecule has 276 valence electrons. The van der Waals surface area contributed by atoms with Crippen molar-refractivity contribution in [1.82, 2.24) is 25.9 Å². The van der Waals surface area contributed by atoms with Crippen LogP contribution >= 0.6 is 0 Å². The monoisotopic (exact) mass is 678 g/mol. The summed E-state index contributed by atoms with van der Waals surface area (Å²) < 4.78 is 6.33. The van der Waals surface area contributed by atoms with Crippen LogP contribution in [0.5, 0.6) is 0 Å². The van der Waals surface area contributed by atoms with Crippen LogP contribution in [-0.2, 0) is 24.0 Å². The minimum absolute atomic E-state index is 0.0630. The van der Waals surface area contributed by atoms with E-state index < -0.39 is 18.1 Å². The van der Waals surface area contributed by atoms with Crippen molar-refractivity contribution in [2.24, 2.45) is 52.8 Å². The highest BCUT2D eigenvalue weighted by Crippen LogP contribution is 2.61. The van der Waals surface area contributed by atoms with Gasteiger partial charge in [-0.25, -0.2) is 0 Å². The molecule has 5 aliphatic rings. The molecule has 0 radical (unpaired) electrons. The normalized spacial score (nSPS) is 36.5. The Bertz CT molecular complexity index is 1100. The van der Waals surface area contributed by atoms with Gasteiger partial charge in [0.2, 0.25) is 17.7 Å². The van der Waals surface area contributed by atoms with Crippen molar-refractivity contribution >= 4 is 17.7 Å². The Labute approximate surface area is 289 Å². The van der Waals surface area contributed by atoms with Gasteiger partial charge in [-0.3, -0.25) is 19.2 Å². The highest BCUT2D eigenvalue weighted by molar-refractivity contribution is 5.83. The fraction of sp³-hybridized carbons (Fsp3) is 0.919. The van der Waals surface area contributed by atoms with Gasteiger partial charge in [0.25, 0.3) is 0 Å². The lowest BCUT2D eigenvalue weighted by Gasteiger charge is -2.62. The summed E-state index contributed by atoms with van der Waals surface area (Å²) in [6, 6.07) is -0.958.